The summed E-state index contributed by atoms with van der Waals surface area (Å²) in [5.74, 6) is 0. The van der Waals surface area contributed by atoms with Crippen LogP contribution in [0.25, 0.3) is 0 Å². The van der Waals surface area contributed by atoms with Gasteiger partial charge in [0.1, 0.15) is 0 Å². The Morgan fingerprint density at radius 1 is 0.556 bits per heavy atom. The molecule has 0 heterocycles. The molecule has 0 saturated carbocycles. The van der Waals surface area contributed by atoms with Crippen molar-refractivity contribution in [3.63, 3.8) is 0 Å². The van der Waals surface area contributed by atoms with Crippen molar-refractivity contribution in [1.29, 1.82) is 0 Å². The van der Waals surface area contributed by atoms with Crippen LogP contribution in [0.4, 0.5) is 0 Å². The fourth-order valence-corrected chi connectivity index (χ4v) is 1.44. The van der Waals surface area contributed by atoms with Crippen molar-refractivity contribution in [1.82, 2.24) is 0 Å². The van der Waals surface area contributed by atoms with E-state index >= 15 is 0 Å². The Labute approximate surface area is 245 Å². The van der Waals surface area contributed by atoms with Crippen LogP contribution in [0.15, 0.2) is 72.8 Å². The van der Waals surface area contributed by atoms with Crippen LogP contribution in [0, 0.1) is 61.3 Å². The van der Waals surface area contributed by atoms with Gasteiger partial charge in [0.05, 0.1) is 0 Å². The standard InChI is InChI=1S/3C7H7.3CH3.3Y/c3*1-7-5-3-2-4-6-7;;;;;;/h3-6H,1H3;2-3,5-6H,1H3;2-5H,1H3;3*1H3;;;/q6*-1;;;. The predicted molar refractivity (Wildman–Crippen MR) is 109 cm³/mol. The van der Waals surface area contributed by atoms with E-state index in [2.05, 4.69) is 38.1 Å². The van der Waals surface area contributed by atoms with Crippen LogP contribution in [0.3, 0.4) is 0 Å². The van der Waals surface area contributed by atoms with Gasteiger partial charge >= 0.3 is 0 Å². The van der Waals surface area contributed by atoms with E-state index in [1.54, 1.807) is 0 Å². The van der Waals surface area contributed by atoms with Crippen molar-refractivity contribution < 1.29 is 98.1 Å². The summed E-state index contributed by atoms with van der Waals surface area (Å²) < 4.78 is 0. The van der Waals surface area contributed by atoms with Gasteiger partial charge in [0.25, 0.3) is 0 Å². The van der Waals surface area contributed by atoms with Gasteiger partial charge in [-0.15, -0.1) is 0 Å². The first-order valence-electron chi connectivity index (χ1n) is 6.97. The molecule has 141 valence electrons. The molecule has 0 fully saturated rings. The van der Waals surface area contributed by atoms with Gasteiger partial charge in [-0.2, -0.15) is 108 Å². The van der Waals surface area contributed by atoms with E-state index in [-0.39, 0.29) is 120 Å². The van der Waals surface area contributed by atoms with E-state index in [9.17, 15) is 0 Å². The summed E-state index contributed by atoms with van der Waals surface area (Å²) in [6.45, 7) is 6.14. The van der Waals surface area contributed by atoms with Gasteiger partial charge in [0, 0.05) is 98.1 Å². The molecule has 3 rings (SSSR count). The number of aryl methyl sites for hydroxylation is 3. The third kappa shape index (κ3) is 27.0. The predicted octanol–water partition coefficient (Wildman–Crippen LogP) is 6.73. The van der Waals surface area contributed by atoms with Crippen molar-refractivity contribution in [3.05, 3.63) is 130 Å². The first kappa shape index (κ1) is 42.2. The summed E-state index contributed by atoms with van der Waals surface area (Å²) in [6.07, 6.45) is 0. The molecular weight excluding hydrogens is 555 g/mol. The van der Waals surface area contributed by atoms with Crippen LogP contribution in [-0.2, 0) is 98.1 Å². The van der Waals surface area contributed by atoms with Gasteiger partial charge in [-0.3, -0.25) is 0 Å². The second kappa shape index (κ2) is 29.2. The Kier molecular flexibility index (Phi) is 45.5. The normalized spacial score (nSPS) is 6.78. The minimum absolute atomic E-state index is 0. The molecule has 0 amide bonds. The summed E-state index contributed by atoms with van der Waals surface area (Å²) in [5, 5.41) is 0. The zero-order valence-corrected chi connectivity index (χ0v) is 26.2. The van der Waals surface area contributed by atoms with Gasteiger partial charge in [0.2, 0.25) is 0 Å². The van der Waals surface area contributed by atoms with E-state index < -0.39 is 0 Å². The second-order valence-corrected chi connectivity index (χ2v) is 4.70. The van der Waals surface area contributed by atoms with Crippen LogP contribution in [0.2, 0.25) is 0 Å². The minimum Gasteiger partial charge on any atom is -0.358 e. The quantitative estimate of drug-likeness (QED) is 0.257. The molecule has 0 bridgehead atoms. The molecular formula is C24H30Y3-6. The molecule has 0 spiro atoms. The van der Waals surface area contributed by atoms with Crippen molar-refractivity contribution >= 4 is 0 Å². The van der Waals surface area contributed by atoms with Gasteiger partial charge in [-0.05, 0) is 0 Å². The molecule has 0 aliphatic carbocycles. The Hall–Kier alpha value is 0.972. The van der Waals surface area contributed by atoms with Gasteiger partial charge in [-0.1, -0.05) is 20.8 Å². The van der Waals surface area contributed by atoms with Gasteiger partial charge in [0.15, 0.2) is 0 Å². The van der Waals surface area contributed by atoms with Crippen LogP contribution in [-0.4, -0.2) is 0 Å². The summed E-state index contributed by atoms with van der Waals surface area (Å²) in [6, 6.07) is 32.6. The average molecular weight is 585 g/mol. The van der Waals surface area contributed by atoms with E-state index in [4.69, 9.17) is 0 Å². The summed E-state index contributed by atoms with van der Waals surface area (Å²) in [7, 11) is 0. The van der Waals surface area contributed by atoms with Crippen LogP contribution >= 0.6 is 0 Å². The second-order valence-electron chi connectivity index (χ2n) is 4.70. The van der Waals surface area contributed by atoms with Gasteiger partial charge in [-0.25, -0.2) is 0 Å². The number of rotatable bonds is 0. The summed E-state index contributed by atoms with van der Waals surface area (Å²) in [4.78, 5) is 0. The molecule has 0 aliphatic heterocycles. The molecule has 27 heavy (non-hydrogen) atoms. The topological polar surface area (TPSA) is 0 Å². The Bertz CT molecular complexity index is 493. The minimum atomic E-state index is 0. The molecule has 0 atom stereocenters. The fourth-order valence-electron chi connectivity index (χ4n) is 1.44. The molecule has 0 unspecified atom stereocenters. The van der Waals surface area contributed by atoms with E-state index in [1.165, 1.54) is 16.7 Å². The smallest absolute Gasteiger partial charge is 0 e. The maximum absolute atomic E-state index is 3.03. The number of benzene rings is 3. The Balaban J connectivity index is -0.0000000551. The zero-order valence-electron chi connectivity index (χ0n) is 17.7. The summed E-state index contributed by atoms with van der Waals surface area (Å²) >= 11 is 0. The van der Waals surface area contributed by atoms with Crippen molar-refractivity contribution in [2.45, 2.75) is 20.8 Å². The first-order chi connectivity index (χ1) is 10.2. The van der Waals surface area contributed by atoms with Crippen molar-refractivity contribution in [3.8, 4) is 0 Å². The molecule has 3 radical (unpaired) electrons. The molecule has 3 heteroatoms. The Morgan fingerprint density at radius 3 is 1.37 bits per heavy atom. The zero-order chi connectivity index (χ0) is 15.3. The van der Waals surface area contributed by atoms with E-state index in [0.717, 1.165) is 0 Å². The van der Waals surface area contributed by atoms with E-state index in [1.807, 2.05) is 73.7 Å². The average Bonchev–Trinajstić information content (AvgIpc) is 2.51. The van der Waals surface area contributed by atoms with Gasteiger partial charge < -0.3 is 22.3 Å². The van der Waals surface area contributed by atoms with Crippen LogP contribution in [0.5, 0.6) is 0 Å². The SMILES string of the molecule is Cc1[c-]cccc1.Cc1c[c-]ccc1.Cc1cc[c-]cc1.[CH3-].[CH3-].[CH3-].[Y].[Y].[Y]. The maximum Gasteiger partial charge on any atom is 0 e. The molecule has 0 saturated heterocycles. The van der Waals surface area contributed by atoms with Crippen LogP contribution in [0.1, 0.15) is 16.7 Å². The largest absolute Gasteiger partial charge is 0.358 e. The maximum atomic E-state index is 3.03. The number of hydrogen-bond donors (Lipinski definition) is 0. The van der Waals surface area contributed by atoms with Crippen molar-refractivity contribution in [2.24, 2.45) is 0 Å². The van der Waals surface area contributed by atoms with Crippen molar-refractivity contribution in [2.75, 3.05) is 0 Å². The molecule has 3 aromatic carbocycles. The number of hydrogen-bond acceptors (Lipinski definition) is 0. The first-order valence-corrected chi connectivity index (χ1v) is 6.97. The molecule has 0 aromatic heterocycles. The third-order valence-electron chi connectivity index (χ3n) is 2.61. The van der Waals surface area contributed by atoms with E-state index in [0.29, 0.717) is 0 Å². The molecule has 3 aromatic rings. The fraction of sp³-hybridized carbons (Fsp3) is 0.125. The molecule has 0 nitrogen and oxygen atoms in total. The summed E-state index contributed by atoms with van der Waals surface area (Å²) in [5.41, 5.74) is 3.75. The monoisotopic (exact) mass is 585 g/mol. The third-order valence-corrected chi connectivity index (χ3v) is 2.61. The molecule has 0 aliphatic rings. The molecule has 0 N–H and O–H groups in total. The Morgan fingerprint density at radius 2 is 1.15 bits per heavy atom. The van der Waals surface area contributed by atoms with Crippen LogP contribution < -0.4 is 0 Å².